The number of carbonyl (C=O) groups excluding carboxylic acids is 4. The molecule has 0 fully saturated rings. The quantitative estimate of drug-likeness (QED) is 0.112. The first-order valence-electron chi connectivity index (χ1n) is 10.3. The van der Waals surface area contributed by atoms with E-state index in [2.05, 4.69) is 10.6 Å². The van der Waals surface area contributed by atoms with Gasteiger partial charge in [-0.1, -0.05) is 20.3 Å². The van der Waals surface area contributed by atoms with E-state index in [0.717, 1.165) is 0 Å². The predicted molar refractivity (Wildman–Crippen MR) is 113 cm³/mol. The number of rotatable bonds is 16. The van der Waals surface area contributed by atoms with Crippen molar-refractivity contribution >= 4 is 35.6 Å². The Balaban J connectivity index is 5.58. The van der Waals surface area contributed by atoms with Crippen LogP contribution in [0.3, 0.4) is 0 Å². The summed E-state index contributed by atoms with van der Waals surface area (Å²) in [4.78, 5) is 70.8. The van der Waals surface area contributed by atoms with Gasteiger partial charge in [0.1, 0.15) is 18.1 Å². The van der Waals surface area contributed by atoms with Gasteiger partial charge in [0.15, 0.2) is 0 Å². The number of carbonyl (C=O) groups is 6. The maximum absolute atomic E-state index is 12.8. The minimum Gasteiger partial charge on any atom is -0.481 e. The molecule has 0 aromatic rings. The SMILES string of the molecule is CCC(C)C(N)C(=O)NC(CCC(=O)O)C(=O)NC(CCC(N)=O)C(=O)NC(CO)C(=O)O. The van der Waals surface area contributed by atoms with E-state index in [-0.39, 0.29) is 25.2 Å². The Labute approximate surface area is 190 Å². The summed E-state index contributed by atoms with van der Waals surface area (Å²) >= 11 is 0. The van der Waals surface area contributed by atoms with Crippen molar-refractivity contribution in [2.24, 2.45) is 17.4 Å². The van der Waals surface area contributed by atoms with E-state index >= 15 is 0 Å². The molecule has 0 aliphatic heterocycles. The van der Waals surface area contributed by atoms with Crippen LogP contribution in [0.4, 0.5) is 0 Å². The zero-order chi connectivity index (χ0) is 25.7. The highest BCUT2D eigenvalue weighted by Crippen LogP contribution is 2.08. The van der Waals surface area contributed by atoms with Crippen LogP contribution in [0.25, 0.3) is 0 Å². The molecule has 0 aromatic heterocycles. The lowest BCUT2D eigenvalue weighted by atomic mass is 9.98. The normalized spacial score (nSPS) is 15.3. The molecule has 14 nitrogen and oxygen atoms in total. The third-order valence-corrected chi connectivity index (χ3v) is 4.95. The van der Waals surface area contributed by atoms with Crippen molar-refractivity contribution in [2.75, 3.05) is 6.61 Å². The summed E-state index contributed by atoms with van der Waals surface area (Å²) in [5, 5.41) is 33.7. The Morgan fingerprint density at radius 3 is 1.67 bits per heavy atom. The van der Waals surface area contributed by atoms with Gasteiger partial charge in [0.05, 0.1) is 12.6 Å². The van der Waals surface area contributed by atoms with Crippen LogP contribution in [0.1, 0.15) is 46.0 Å². The molecule has 4 amide bonds. The number of aliphatic hydroxyl groups is 1. The first-order valence-corrected chi connectivity index (χ1v) is 10.3. The molecule has 0 spiro atoms. The molecule has 0 bridgehead atoms. The van der Waals surface area contributed by atoms with Gasteiger partial charge in [0.2, 0.25) is 23.6 Å². The fourth-order valence-corrected chi connectivity index (χ4v) is 2.60. The molecule has 5 unspecified atom stereocenters. The minimum atomic E-state index is -1.67. The van der Waals surface area contributed by atoms with Gasteiger partial charge in [0, 0.05) is 12.8 Å². The van der Waals surface area contributed by atoms with Gasteiger partial charge in [-0.25, -0.2) is 4.79 Å². The van der Waals surface area contributed by atoms with Crippen molar-refractivity contribution in [1.29, 1.82) is 0 Å². The van der Waals surface area contributed by atoms with E-state index in [1.165, 1.54) is 0 Å². The van der Waals surface area contributed by atoms with Crippen LogP contribution in [-0.2, 0) is 28.8 Å². The molecular formula is C19H33N5O9. The van der Waals surface area contributed by atoms with Gasteiger partial charge in [-0.3, -0.25) is 24.0 Å². The fraction of sp³-hybridized carbons (Fsp3) is 0.684. The Morgan fingerprint density at radius 2 is 1.27 bits per heavy atom. The maximum Gasteiger partial charge on any atom is 0.328 e. The maximum atomic E-state index is 12.8. The van der Waals surface area contributed by atoms with Crippen LogP contribution < -0.4 is 27.4 Å². The first kappa shape index (κ1) is 29.7. The molecule has 188 valence electrons. The van der Waals surface area contributed by atoms with E-state index < -0.39 is 72.8 Å². The molecule has 0 saturated heterocycles. The van der Waals surface area contributed by atoms with Crippen LogP contribution in [0.5, 0.6) is 0 Å². The molecule has 0 saturated carbocycles. The van der Waals surface area contributed by atoms with Gasteiger partial charge in [-0.15, -0.1) is 0 Å². The predicted octanol–water partition coefficient (Wildman–Crippen LogP) is -2.98. The average molecular weight is 475 g/mol. The van der Waals surface area contributed by atoms with Gasteiger partial charge >= 0.3 is 11.9 Å². The van der Waals surface area contributed by atoms with E-state index in [1.807, 2.05) is 12.2 Å². The largest absolute Gasteiger partial charge is 0.481 e. The van der Waals surface area contributed by atoms with Crippen molar-refractivity contribution in [3.05, 3.63) is 0 Å². The highest BCUT2D eigenvalue weighted by Gasteiger charge is 2.31. The first-order chi connectivity index (χ1) is 15.3. The smallest absolute Gasteiger partial charge is 0.328 e. The lowest BCUT2D eigenvalue weighted by molar-refractivity contribution is -0.143. The van der Waals surface area contributed by atoms with Gasteiger partial charge < -0.3 is 42.7 Å². The number of aliphatic carboxylic acids is 2. The van der Waals surface area contributed by atoms with Crippen molar-refractivity contribution in [1.82, 2.24) is 16.0 Å². The zero-order valence-electron chi connectivity index (χ0n) is 18.6. The van der Waals surface area contributed by atoms with Gasteiger partial charge in [-0.2, -0.15) is 0 Å². The molecule has 0 rings (SSSR count). The van der Waals surface area contributed by atoms with Gasteiger partial charge in [0.25, 0.3) is 0 Å². The van der Waals surface area contributed by atoms with E-state index in [9.17, 15) is 28.8 Å². The van der Waals surface area contributed by atoms with Crippen LogP contribution in [0.2, 0.25) is 0 Å². The third kappa shape index (κ3) is 11.2. The summed E-state index contributed by atoms with van der Waals surface area (Å²) in [5.74, 6) is -6.45. The summed E-state index contributed by atoms with van der Waals surface area (Å²) in [5.41, 5.74) is 10.9. The van der Waals surface area contributed by atoms with Crippen molar-refractivity contribution < 1.29 is 44.1 Å². The summed E-state index contributed by atoms with van der Waals surface area (Å²) in [6.07, 6.45) is -0.887. The number of hydrogen-bond donors (Lipinski definition) is 8. The number of nitrogens with two attached hydrogens (primary N) is 2. The van der Waals surface area contributed by atoms with E-state index in [0.29, 0.717) is 6.42 Å². The second kappa shape index (κ2) is 14.7. The van der Waals surface area contributed by atoms with Crippen LogP contribution in [0, 0.1) is 5.92 Å². The Bertz CT molecular complexity index is 730. The van der Waals surface area contributed by atoms with Crippen molar-refractivity contribution in [3.8, 4) is 0 Å². The van der Waals surface area contributed by atoms with E-state index in [1.54, 1.807) is 6.92 Å². The molecule has 0 aliphatic carbocycles. The topological polar surface area (TPSA) is 251 Å². The standard InChI is InChI=1S/C19H33N5O9/c1-3-9(2)15(21)18(31)23-11(5-7-14(27)28)16(29)22-10(4-6-13(20)26)17(30)24-12(8-25)19(32)33/h9-12,15,25H,3-8,21H2,1-2H3,(H2,20,26)(H,22,29)(H,23,31)(H,24,30)(H,27,28)(H,32,33). The summed E-state index contributed by atoms with van der Waals surface area (Å²) in [6, 6.07) is -5.46. The lowest BCUT2D eigenvalue weighted by Crippen LogP contribution is -2.58. The molecule has 0 aliphatic rings. The number of aliphatic hydroxyl groups excluding tert-OH is 1. The molecule has 5 atom stereocenters. The summed E-state index contributed by atoms with van der Waals surface area (Å²) < 4.78 is 0. The molecule has 10 N–H and O–H groups in total. The van der Waals surface area contributed by atoms with Crippen molar-refractivity contribution in [2.45, 2.75) is 70.1 Å². The molecule has 14 heteroatoms. The highest BCUT2D eigenvalue weighted by atomic mass is 16.4. The summed E-state index contributed by atoms with van der Waals surface area (Å²) in [6.45, 7) is 2.61. The number of nitrogens with one attached hydrogen (secondary N) is 3. The van der Waals surface area contributed by atoms with Crippen LogP contribution in [0.15, 0.2) is 0 Å². The summed E-state index contributed by atoms with van der Waals surface area (Å²) in [7, 11) is 0. The zero-order valence-corrected chi connectivity index (χ0v) is 18.6. The Morgan fingerprint density at radius 1 is 0.818 bits per heavy atom. The molecule has 0 heterocycles. The molecule has 0 aromatic carbocycles. The van der Waals surface area contributed by atoms with Crippen LogP contribution in [-0.4, -0.2) is 81.7 Å². The number of amides is 4. The van der Waals surface area contributed by atoms with Gasteiger partial charge in [-0.05, 0) is 18.8 Å². The lowest BCUT2D eigenvalue weighted by Gasteiger charge is -2.25. The molecular weight excluding hydrogens is 442 g/mol. The fourth-order valence-electron chi connectivity index (χ4n) is 2.60. The monoisotopic (exact) mass is 475 g/mol. The highest BCUT2D eigenvalue weighted by molar-refractivity contribution is 5.94. The number of primary amides is 1. The number of carboxylic acids is 2. The minimum absolute atomic E-state index is 0.228. The van der Waals surface area contributed by atoms with Crippen LogP contribution >= 0.6 is 0 Å². The second-order valence-corrected chi connectivity index (χ2v) is 7.55. The average Bonchev–Trinajstić information content (AvgIpc) is 2.75. The molecule has 33 heavy (non-hydrogen) atoms. The third-order valence-electron chi connectivity index (χ3n) is 4.95. The number of carboxylic acid groups (broad SMARTS) is 2. The Kier molecular flexibility index (Phi) is 13.3. The molecule has 0 radical (unpaired) electrons. The number of hydrogen-bond acceptors (Lipinski definition) is 8. The van der Waals surface area contributed by atoms with E-state index in [4.69, 9.17) is 26.8 Å². The van der Waals surface area contributed by atoms with Crippen molar-refractivity contribution in [3.63, 3.8) is 0 Å². The Hall–Kier alpha value is -3.26. The second-order valence-electron chi connectivity index (χ2n) is 7.55.